The zero-order valence-corrected chi connectivity index (χ0v) is 9.75. The first kappa shape index (κ1) is 12.2. The van der Waals surface area contributed by atoms with Crippen LogP contribution in [0.2, 0.25) is 0 Å². The topological polar surface area (TPSA) is 49.4 Å². The van der Waals surface area contributed by atoms with E-state index in [1.807, 2.05) is 25.7 Å². The summed E-state index contributed by atoms with van der Waals surface area (Å²) in [7, 11) is 0. The second-order valence-corrected chi connectivity index (χ2v) is 4.57. The summed E-state index contributed by atoms with van der Waals surface area (Å²) in [4.78, 5) is 24.8. The maximum Gasteiger partial charge on any atom is 0.234 e. The van der Waals surface area contributed by atoms with Crippen molar-refractivity contribution in [2.45, 2.75) is 33.2 Å². The molecular formula is C11H20N2O2. The van der Waals surface area contributed by atoms with Gasteiger partial charge in [0.2, 0.25) is 5.91 Å². The molecule has 15 heavy (non-hydrogen) atoms. The van der Waals surface area contributed by atoms with E-state index in [1.165, 1.54) is 0 Å². The summed E-state index contributed by atoms with van der Waals surface area (Å²) in [6, 6.07) is 0.182. The number of rotatable bonds is 3. The molecule has 1 saturated heterocycles. The van der Waals surface area contributed by atoms with E-state index in [4.69, 9.17) is 0 Å². The zero-order valence-electron chi connectivity index (χ0n) is 9.75. The van der Waals surface area contributed by atoms with Gasteiger partial charge < -0.3 is 5.32 Å². The van der Waals surface area contributed by atoms with E-state index in [0.29, 0.717) is 31.8 Å². The van der Waals surface area contributed by atoms with Gasteiger partial charge in [-0.05, 0) is 13.8 Å². The molecule has 1 N–H and O–H groups in total. The van der Waals surface area contributed by atoms with Crippen LogP contribution in [0, 0.1) is 5.92 Å². The fraction of sp³-hybridized carbons (Fsp3) is 0.818. The minimum atomic E-state index is 0.0477. The predicted molar refractivity (Wildman–Crippen MR) is 58.5 cm³/mol. The van der Waals surface area contributed by atoms with E-state index in [1.54, 1.807) is 0 Å². The first-order chi connectivity index (χ1) is 6.99. The number of carbonyl (C=O) groups is 2. The van der Waals surface area contributed by atoms with Gasteiger partial charge in [0.05, 0.1) is 6.54 Å². The Labute approximate surface area is 91.0 Å². The molecule has 0 aromatic rings. The molecule has 0 saturated carbocycles. The molecule has 4 heteroatoms. The summed E-state index contributed by atoms with van der Waals surface area (Å²) < 4.78 is 0. The molecule has 1 rings (SSSR count). The van der Waals surface area contributed by atoms with Gasteiger partial charge in [-0.15, -0.1) is 0 Å². The molecule has 0 bridgehead atoms. The summed E-state index contributed by atoms with van der Waals surface area (Å²) in [6.45, 7) is 7.66. The summed E-state index contributed by atoms with van der Waals surface area (Å²) in [6.07, 6.45) is 0.579. The van der Waals surface area contributed by atoms with Crippen molar-refractivity contribution in [1.82, 2.24) is 10.2 Å². The van der Waals surface area contributed by atoms with Gasteiger partial charge in [-0.3, -0.25) is 14.5 Å². The van der Waals surface area contributed by atoms with Crippen molar-refractivity contribution < 1.29 is 9.59 Å². The van der Waals surface area contributed by atoms with Gasteiger partial charge in [-0.2, -0.15) is 0 Å². The van der Waals surface area contributed by atoms with Crippen LogP contribution in [-0.2, 0) is 9.59 Å². The molecule has 1 amide bonds. The standard InChI is InChI=1S/C11H20N2O2/c1-8(2)12-11(15)7-13-5-4-10(14)9(3)6-13/h8-9H,4-7H2,1-3H3,(H,12,15). The molecule has 0 aromatic heterocycles. The lowest BCUT2D eigenvalue weighted by Crippen LogP contribution is -2.46. The molecule has 0 aliphatic carbocycles. The molecule has 0 radical (unpaired) electrons. The number of Topliss-reactive ketones (excluding diaryl/α,β-unsaturated/α-hetero) is 1. The van der Waals surface area contributed by atoms with Crippen molar-refractivity contribution in [2.24, 2.45) is 5.92 Å². The SMILES string of the molecule is CC(C)NC(=O)CN1CCC(=O)C(C)C1. The van der Waals surface area contributed by atoms with Crippen LogP contribution in [-0.4, -0.2) is 42.3 Å². The Hall–Kier alpha value is -0.900. The molecule has 1 atom stereocenters. The Kier molecular flexibility index (Phi) is 4.27. The molecule has 86 valence electrons. The Balaban J connectivity index is 2.33. The van der Waals surface area contributed by atoms with Crippen molar-refractivity contribution in [3.05, 3.63) is 0 Å². The fourth-order valence-electron chi connectivity index (χ4n) is 1.81. The van der Waals surface area contributed by atoms with Gasteiger partial charge in [0.15, 0.2) is 0 Å². The number of carbonyl (C=O) groups excluding carboxylic acids is 2. The molecule has 4 nitrogen and oxygen atoms in total. The molecule has 1 fully saturated rings. The van der Waals surface area contributed by atoms with E-state index in [-0.39, 0.29) is 17.9 Å². The van der Waals surface area contributed by atoms with E-state index in [9.17, 15) is 9.59 Å². The molecule has 1 heterocycles. The van der Waals surface area contributed by atoms with Crippen molar-refractivity contribution in [3.63, 3.8) is 0 Å². The average Bonchev–Trinajstić information content (AvgIpc) is 2.10. The summed E-state index contributed by atoms with van der Waals surface area (Å²) in [5.41, 5.74) is 0. The second kappa shape index (κ2) is 5.26. The number of nitrogens with zero attached hydrogens (tertiary/aromatic N) is 1. The van der Waals surface area contributed by atoms with Crippen LogP contribution in [0.3, 0.4) is 0 Å². The van der Waals surface area contributed by atoms with Gasteiger partial charge in [0.1, 0.15) is 5.78 Å². The molecular weight excluding hydrogens is 192 g/mol. The van der Waals surface area contributed by atoms with Crippen LogP contribution in [0.5, 0.6) is 0 Å². The quantitative estimate of drug-likeness (QED) is 0.737. The molecule has 0 spiro atoms. The van der Waals surface area contributed by atoms with Gasteiger partial charge in [0.25, 0.3) is 0 Å². The number of likely N-dealkylation sites (tertiary alicyclic amines) is 1. The van der Waals surface area contributed by atoms with Crippen LogP contribution >= 0.6 is 0 Å². The fourth-order valence-corrected chi connectivity index (χ4v) is 1.81. The summed E-state index contributed by atoms with van der Waals surface area (Å²) >= 11 is 0. The molecule has 0 aromatic carbocycles. The van der Waals surface area contributed by atoms with Gasteiger partial charge in [-0.25, -0.2) is 0 Å². The highest BCUT2D eigenvalue weighted by atomic mass is 16.2. The van der Waals surface area contributed by atoms with Crippen molar-refractivity contribution in [3.8, 4) is 0 Å². The van der Waals surface area contributed by atoms with E-state index in [0.717, 1.165) is 0 Å². The summed E-state index contributed by atoms with van der Waals surface area (Å²) in [5, 5.41) is 2.85. The number of hydrogen-bond acceptors (Lipinski definition) is 3. The summed E-state index contributed by atoms with van der Waals surface area (Å²) in [5.74, 6) is 0.438. The van der Waals surface area contributed by atoms with E-state index >= 15 is 0 Å². The minimum absolute atomic E-state index is 0.0477. The lowest BCUT2D eigenvalue weighted by molar-refractivity contribution is -0.129. The zero-order chi connectivity index (χ0) is 11.4. The Bertz CT molecular complexity index is 251. The number of piperidine rings is 1. The highest BCUT2D eigenvalue weighted by Crippen LogP contribution is 2.11. The highest BCUT2D eigenvalue weighted by molar-refractivity contribution is 5.82. The van der Waals surface area contributed by atoms with E-state index in [2.05, 4.69) is 5.32 Å². The highest BCUT2D eigenvalue weighted by Gasteiger charge is 2.24. The first-order valence-electron chi connectivity index (χ1n) is 5.53. The van der Waals surface area contributed by atoms with Gasteiger partial charge >= 0.3 is 0 Å². The normalized spacial score (nSPS) is 23.2. The number of nitrogens with one attached hydrogen (secondary N) is 1. The molecule has 1 aliphatic heterocycles. The van der Waals surface area contributed by atoms with Crippen LogP contribution < -0.4 is 5.32 Å². The Morgan fingerprint density at radius 2 is 2.27 bits per heavy atom. The number of hydrogen-bond donors (Lipinski definition) is 1. The first-order valence-corrected chi connectivity index (χ1v) is 5.53. The smallest absolute Gasteiger partial charge is 0.234 e. The lowest BCUT2D eigenvalue weighted by Gasteiger charge is -2.29. The van der Waals surface area contributed by atoms with Gasteiger partial charge in [0, 0.05) is 31.5 Å². The third kappa shape index (κ3) is 4.00. The van der Waals surface area contributed by atoms with Crippen LogP contribution in [0.25, 0.3) is 0 Å². The van der Waals surface area contributed by atoms with Crippen molar-refractivity contribution in [2.75, 3.05) is 19.6 Å². The second-order valence-electron chi connectivity index (χ2n) is 4.57. The average molecular weight is 212 g/mol. The Morgan fingerprint density at radius 3 is 2.80 bits per heavy atom. The molecule has 1 aliphatic rings. The maximum absolute atomic E-state index is 11.5. The lowest BCUT2D eigenvalue weighted by atomic mass is 9.99. The number of ketones is 1. The monoisotopic (exact) mass is 212 g/mol. The van der Waals surface area contributed by atoms with Crippen LogP contribution in [0.15, 0.2) is 0 Å². The molecule has 1 unspecified atom stereocenters. The van der Waals surface area contributed by atoms with E-state index < -0.39 is 0 Å². The Morgan fingerprint density at radius 1 is 1.60 bits per heavy atom. The third-order valence-corrected chi connectivity index (χ3v) is 2.57. The van der Waals surface area contributed by atoms with Crippen LogP contribution in [0.1, 0.15) is 27.2 Å². The minimum Gasteiger partial charge on any atom is -0.353 e. The third-order valence-electron chi connectivity index (χ3n) is 2.57. The predicted octanol–water partition coefficient (Wildman–Crippen LogP) is 0.422. The van der Waals surface area contributed by atoms with Crippen molar-refractivity contribution in [1.29, 1.82) is 0 Å². The van der Waals surface area contributed by atoms with Crippen molar-refractivity contribution >= 4 is 11.7 Å². The van der Waals surface area contributed by atoms with Crippen LogP contribution in [0.4, 0.5) is 0 Å². The largest absolute Gasteiger partial charge is 0.353 e. The number of amides is 1. The maximum atomic E-state index is 11.5. The van der Waals surface area contributed by atoms with Gasteiger partial charge in [-0.1, -0.05) is 6.92 Å².